The van der Waals surface area contributed by atoms with Gasteiger partial charge in [0.1, 0.15) is 5.76 Å². The third kappa shape index (κ3) is 3.37. The van der Waals surface area contributed by atoms with Crippen molar-refractivity contribution >= 4 is 29.1 Å². The van der Waals surface area contributed by atoms with Crippen LogP contribution in [0.15, 0.2) is 60.2 Å². The van der Waals surface area contributed by atoms with Gasteiger partial charge in [-0.15, -0.1) is 0 Å². The van der Waals surface area contributed by atoms with Gasteiger partial charge >= 0.3 is 0 Å². The van der Waals surface area contributed by atoms with Crippen LogP contribution in [0.25, 0.3) is 5.76 Å². The maximum Gasteiger partial charge on any atom is 0.295 e. The minimum absolute atomic E-state index is 0.125. The SMILES string of the molecule is CCCCN1C(=O)C(=O)C(=C(O)c2ccc(Cl)cc2)[C@H]1c1ccccc1. The van der Waals surface area contributed by atoms with Crippen LogP contribution in [0.5, 0.6) is 0 Å². The first kappa shape index (κ1) is 18.2. The van der Waals surface area contributed by atoms with E-state index in [0.29, 0.717) is 17.1 Å². The summed E-state index contributed by atoms with van der Waals surface area (Å²) in [5.74, 6) is -1.39. The highest BCUT2D eigenvalue weighted by Gasteiger charge is 2.45. The van der Waals surface area contributed by atoms with Crippen LogP contribution in [0.4, 0.5) is 0 Å². The summed E-state index contributed by atoms with van der Waals surface area (Å²) < 4.78 is 0. The Balaban J connectivity index is 2.14. The topological polar surface area (TPSA) is 57.6 Å². The average Bonchev–Trinajstić information content (AvgIpc) is 2.91. The highest BCUT2D eigenvalue weighted by atomic mass is 35.5. The van der Waals surface area contributed by atoms with Gasteiger partial charge < -0.3 is 10.0 Å². The van der Waals surface area contributed by atoms with Gasteiger partial charge in [0.05, 0.1) is 11.6 Å². The third-order valence-corrected chi connectivity index (χ3v) is 4.78. The minimum atomic E-state index is -0.651. The molecule has 1 heterocycles. The maximum atomic E-state index is 12.7. The fraction of sp³-hybridized carbons (Fsp3) is 0.238. The number of amides is 1. The minimum Gasteiger partial charge on any atom is -0.507 e. The molecule has 0 spiro atoms. The van der Waals surface area contributed by atoms with Gasteiger partial charge in [0.2, 0.25) is 0 Å². The van der Waals surface area contributed by atoms with Gasteiger partial charge in [-0.05, 0) is 36.2 Å². The van der Waals surface area contributed by atoms with Gasteiger partial charge in [-0.25, -0.2) is 0 Å². The number of hydrogen-bond acceptors (Lipinski definition) is 3. The van der Waals surface area contributed by atoms with Crippen LogP contribution in [0.1, 0.15) is 36.9 Å². The van der Waals surface area contributed by atoms with E-state index in [1.54, 1.807) is 29.2 Å². The molecular weight excluding hydrogens is 350 g/mol. The largest absolute Gasteiger partial charge is 0.507 e. The maximum absolute atomic E-state index is 12.7. The summed E-state index contributed by atoms with van der Waals surface area (Å²) in [6, 6.07) is 15.3. The Morgan fingerprint density at radius 1 is 1.08 bits per heavy atom. The van der Waals surface area contributed by atoms with Crippen LogP contribution in [0, 0.1) is 0 Å². The molecule has 5 heteroatoms. The summed E-state index contributed by atoms with van der Waals surface area (Å²) in [5.41, 5.74) is 1.39. The molecule has 3 rings (SSSR count). The Morgan fingerprint density at radius 2 is 1.73 bits per heavy atom. The second kappa shape index (κ2) is 7.75. The number of benzene rings is 2. The van der Waals surface area contributed by atoms with Crippen LogP contribution in [-0.2, 0) is 9.59 Å². The van der Waals surface area contributed by atoms with Crippen molar-refractivity contribution in [1.82, 2.24) is 4.90 Å². The zero-order chi connectivity index (χ0) is 18.7. The Kier molecular flexibility index (Phi) is 5.43. The molecule has 26 heavy (non-hydrogen) atoms. The fourth-order valence-electron chi connectivity index (χ4n) is 3.18. The number of likely N-dealkylation sites (tertiary alicyclic amines) is 1. The highest BCUT2D eigenvalue weighted by molar-refractivity contribution is 6.46. The van der Waals surface area contributed by atoms with Crippen LogP contribution in [0.3, 0.4) is 0 Å². The Morgan fingerprint density at radius 3 is 2.35 bits per heavy atom. The predicted molar refractivity (Wildman–Crippen MR) is 102 cm³/mol. The molecule has 2 aromatic carbocycles. The lowest BCUT2D eigenvalue weighted by atomic mass is 9.95. The van der Waals surface area contributed by atoms with E-state index in [1.165, 1.54) is 0 Å². The molecule has 1 N–H and O–H groups in total. The van der Waals surface area contributed by atoms with Crippen molar-refractivity contribution in [2.75, 3.05) is 6.54 Å². The van der Waals surface area contributed by atoms with Crippen molar-refractivity contribution in [3.63, 3.8) is 0 Å². The van der Waals surface area contributed by atoms with Crippen LogP contribution >= 0.6 is 11.6 Å². The van der Waals surface area contributed by atoms with Crippen molar-refractivity contribution in [3.05, 3.63) is 76.3 Å². The summed E-state index contributed by atoms with van der Waals surface area (Å²) in [6.45, 7) is 2.50. The second-order valence-electron chi connectivity index (χ2n) is 6.26. The predicted octanol–water partition coefficient (Wildman–Crippen LogP) is 4.56. The van der Waals surface area contributed by atoms with Crippen LogP contribution in [0.2, 0.25) is 5.02 Å². The van der Waals surface area contributed by atoms with Gasteiger partial charge in [0.25, 0.3) is 11.7 Å². The number of ketones is 1. The van der Waals surface area contributed by atoms with Gasteiger partial charge in [-0.2, -0.15) is 0 Å². The molecular formula is C21H20ClNO3. The number of halogens is 1. The molecule has 1 aliphatic rings. The Bertz CT molecular complexity index is 843. The number of carbonyl (C=O) groups excluding carboxylic acids is 2. The standard InChI is InChI=1S/C21H20ClNO3/c1-2-3-13-23-18(14-7-5-4-6-8-14)17(20(25)21(23)26)19(24)15-9-11-16(22)12-10-15/h4-12,18,24H,2-3,13H2,1H3/t18-/m1/s1. The lowest BCUT2D eigenvalue weighted by Gasteiger charge is -2.25. The molecule has 0 bridgehead atoms. The molecule has 1 saturated heterocycles. The summed E-state index contributed by atoms with van der Waals surface area (Å²) in [6.07, 6.45) is 1.69. The molecule has 1 aliphatic heterocycles. The molecule has 2 aromatic rings. The van der Waals surface area contributed by atoms with Crippen molar-refractivity contribution in [2.45, 2.75) is 25.8 Å². The van der Waals surface area contributed by atoms with E-state index in [0.717, 1.165) is 18.4 Å². The molecule has 0 aliphatic carbocycles. The molecule has 1 amide bonds. The first-order valence-electron chi connectivity index (χ1n) is 8.64. The van der Waals surface area contributed by atoms with Gasteiger partial charge in [-0.1, -0.05) is 55.3 Å². The van der Waals surface area contributed by atoms with Crippen molar-refractivity contribution in [2.24, 2.45) is 0 Å². The molecule has 1 fully saturated rings. The van der Waals surface area contributed by atoms with Gasteiger partial charge in [0.15, 0.2) is 0 Å². The lowest BCUT2D eigenvalue weighted by Crippen LogP contribution is -2.30. The average molecular weight is 370 g/mol. The number of aliphatic hydroxyl groups excluding tert-OH is 1. The number of carbonyl (C=O) groups is 2. The fourth-order valence-corrected chi connectivity index (χ4v) is 3.31. The smallest absolute Gasteiger partial charge is 0.295 e. The molecule has 4 nitrogen and oxygen atoms in total. The molecule has 0 saturated carbocycles. The summed E-state index contributed by atoms with van der Waals surface area (Å²) in [4.78, 5) is 26.9. The van der Waals surface area contributed by atoms with Crippen LogP contribution in [-0.4, -0.2) is 28.2 Å². The van der Waals surface area contributed by atoms with Gasteiger partial charge in [0, 0.05) is 17.1 Å². The van der Waals surface area contributed by atoms with E-state index < -0.39 is 17.7 Å². The molecule has 1 atom stereocenters. The van der Waals surface area contributed by atoms with Crippen LogP contribution < -0.4 is 0 Å². The van der Waals surface area contributed by atoms with E-state index in [2.05, 4.69) is 0 Å². The number of unbranched alkanes of at least 4 members (excludes halogenated alkanes) is 1. The summed E-state index contributed by atoms with van der Waals surface area (Å²) in [7, 11) is 0. The quantitative estimate of drug-likeness (QED) is 0.477. The van der Waals surface area contributed by atoms with E-state index in [4.69, 9.17) is 11.6 Å². The number of rotatable bonds is 5. The monoisotopic (exact) mass is 369 g/mol. The summed E-state index contributed by atoms with van der Waals surface area (Å²) >= 11 is 5.91. The zero-order valence-electron chi connectivity index (χ0n) is 14.5. The molecule has 0 radical (unpaired) electrons. The Hall–Kier alpha value is -2.59. The molecule has 0 aromatic heterocycles. The molecule has 0 unspecified atom stereocenters. The summed E-state index contributed by atoms with van der Waals surface area (Å²) in [5, 5.41) is 11.3. The third-order valence-electron chi connectivity index (χ3n) is 4.53. The lowest BCUT2D eigenvalue weighted by molar-refractivity contribution is -0.139. The van der Waals surface area contributed by atoms with Crippen molar-refractivity contribution in [1.29, 1.82) is 0 Å². The van der Waals surface area contributed by atoms with Crippen molar-refractivity contribution < 1.29 is 14.7 Å². The number of aliphatic hydroxyl groups is 1. The first-order chi connectivity index (χ1) is 12.5. The second-order valence-corrected chi connectivity index (χ2v) is 6.70. The number of Topliss-reactive ketones (excluding diaryl/α,β-unsaturated/α-hetero) is 1. The van der Waals surface area contributed by atoms with E-state index in [9.17, 15) is 14.7 Å². The van der Waals surface area contributed by atoms with E-state index in [1.807, 2.05) is 37.3 Å². The number of nitrogens with zero attached hydrogens (tertiary/aromatic N) is 1. The zero-order valence-corrected chi connectivity index (χ0v) is 15.2. The van der Waals surface area contributed by atoms with E-state index in [-0.39, 0.29) is 11.3 Å². The first-order valence-corrected chi connectivity index (χ1v) is 9.01. The Labute approximate surface area is 157 Å². The van der Waals surface area contributed by atoms with Crippen molar-refractivity contribution in [3.8, 4) is 0 Å². The van der Waals surface area contributed by atoms with Gasteiger partial charge in [-0.3, -0.25) is 9.59 Å². The normalized spacial score (nSPS) is 19.2. The number of hydrogen-bond donors (Lipinski definition) is 1. The highest BCUT2D eigenvalue weighted by Crippen LogP contribution is 2.39. The molecule has 134 valence electrons. The van der Waals surface area contributed by atoms with E-state index >= 15 is 0 Å².